The molecule has 1 aromatic heterocycles. The van der Waals surface area contributed by atoms with Crippen LogP contribution in [-0.4, -0.2) is 37.9 Å². The number of aromatic nitrogens is 1. The van der Waals surface area contributed by atoms with E-state index >= 15 is 0 Å². The molecule has 0 spiro atoms. The van der Waals surface area contributed by atoms with Gasteiger partial charge in [-0.05, 0) is 37.9 Å². The smallest absolute Gasteiger partial charge is 0.188 e. The highest BCUT2D eigenvalue weighted by Crippen LogP contribution is 2.24. The second-order valence-electron chi connectivity index (χ2n) is 4.31. The number of fused-ring (bicyclic) bond motifs is 1. The van der Waals surface area contributed by atoms with E-state index in [1.807, 2.05) is 24.4 Å². The van der Waals surface area contributed by atoms with Crippen molar-refractivity contribution in [2.45, 2.75) is 6.54 Å². The van der Waals surface area contributed by atoms with Crippen LogP contribution in [0, 0.1) is 0 Å². The molecule has 92 valence electrons. The van der Waals surface area contributed by atoms with Crippen LogP contribution in [-0.2, 0) is 11.3 Å². The van der Waals surface area contributed by atoms with Crippen molar-refractivity contribution in [3.63, 3.8) is 0 Å². The van der Waals surface area contributed by atoms with Crippen LogP contribution in [0.5, 0.6) is 5.75 Å². The number of aromatic amines is 1. The first-order valence-corrected chi connectivity index (χ1v) is 5.57. The first kappa shape index (κ1) is 12.0. The number of methoxy groups -OCH3 is 1. The van der Waals surface area contributed by atoms with E-state index in [0.717, 1.165) is 17.8 Å². The van der Waals surface area contributed by atoms with Crippen LogP contribution >= 0.6 is 0 Å². The molecule has 1 N–H and O–H groups in total. The highest BCUT2D eigenvalue weighted by Gasteiger charge is 2.06. The molecule has 1 aromatic carbocycles. The van der Waals surface area contributed by atoms with Crippen molar-refractivity contribution in [3.05, 3.63) is 30.0 Å². The molecule has 0 bridgehead atoms. The predicted octanol–water partition coefficient (Wildman–Crippen LogP) is 2.21. The monoisotopic (exact) mass is 234 g/mol. The third-order valence-corrected chi connectivity index (χ3v) is 2.57. The molecule has 0 atom stereocenters. The van der Waals surface area contributed by atoms with E-state index in [0.29, 0.717) is 0 Å². The Labute approximate surface area is 101 Å². The number of H-pyrrole nitrogens is 1. The minimum absolute atomic E-state index is 0.277. The van der Waals surface area contributed by atoms with Crippen LogP contribution in [0.2, 0.25) is 0 Å². The zero-order chi connectivity index (χ0) is 12.3. The predicted molar refractivity (Wildman–Crippen MR) is 68.2 cm³/mol. The van der Waals surface area contributed by atoms with Crippen molar-refractivity contribution >= 4 is 10.9 Å². The lowest BCUT2D eigenvalue weighted by Crippen LogP contribution is -2.10. The average Bonchev–Trinajstić information content (AvgIpc) is 2.69. The average molecular weight is 234 g/mol. The Morgan fingerprint density at radius 2 is 2.12 bits per heavy atom. The maximum absolute atomic E-state index is 5.44. The van der Waals surface area contributed by atoms with Gasteiger partial charge in [0.2, 0.25) is 0 Å². The number of benzene rings is 1. The molecule has 0 unspecified atom stereocenters. The summed E-state index contributed by atoms with van der Waals surface area (Å²) in [5.74, 6) is 0.832. The molecular weight excluding hydrogens is 216 g/mol. The topological polar surface area (TPSA) is 37.5 Å². The standard InChI is InChI=1S/C13H18N2O2/c1-15(2)8-10-7-14-13-5-4-11(6-12(10)13)17-9-16-3/h4-7,14H,8-9H2,1-3H3. The van der Waals surface area contributed by atoms with Gasteiger partial charge in [0.15, 0.2) is 6.79 Å². The number of hydrogen-bond acceptors (Lipinski definition) is 3. The van der Waals surface area contributed by atoms with Gasteiger partial charge in [-0.25, -0.2) is 0 Å². The van der Waals surface area contributed by atoms with Crippen molar-refractivity contribution < 1.29 is 9.47 Å². The fourth-order valence-electron chi connectivity index (χ4n) is 1.85. The van der Waals surface area contributed by atoms with E-state index in [2.05, 4.69) is 24.0 Å². The maximum atomic E-state index is 5.44. The lowest BCUT2D eigenvalue weighted by atomic mass is 10.1. The van der Waals surface area contributed by atoms with E-state index in [9.17, 15) is 0 Å². The summed E-state index contributed by atoms with van der Waals surface area (Å²) in [4.78, 5) is 5.41. The normalized spacial score (nSPS) is 11.3. The Morgan fingerprint density at radius 3 is 2.82 bits per heavy atom. The molecule has 0 saturated carbocycles. The van der Waals surface area contributed by atoms with E-state index in [-0.39, 0.29) is 6.79 Å². The fourth-order valence-corrected chi connectivity index (χ4v) is 1.85. The second-order valence-corrected chi connectivity index (χ2v) is 4.31. The van der Waals surface area contributed by atoms with Gasteiger partial charge in [-0.3, -0.25) is 0 Å². The number of nitrogens with one attached hydrogen (secondary N) is 1. The molecule has 0 amide bonds. The van der Waals surface area contributed by atoms with Crippen molar-refractivity contribution in [1.29, 1.82) is 0 Å². The Balaban J connectivity index is 2.29. The summed E-state index contributed by atoms with van der Waals surface area (Å²) in [6.45, 7) is 1.19. The van der Waals surface area contributed by atoms with Gasteiger partial charge in [0.1, 0.15) is 5.75 Å². The first-order chi connectivity index (χ1) is 8.20. The molecule has 0 fully saturated rings. The van der Waals surface area contributed by atoms with Crippen LogP contribution in [0.4, 0.5) is 0 Å². The van der Waals surface area contributed by atoms with Crippen LogP contribution in [0.1, 0.15) is 5.56 Å². The maximum Gasteiger partial charge on any atom is 0.188 e. The molecule has 0 saturated heterocycles. The van der Waals surface area contributed by atoms with Gasteiger partial charge in [-0.2, -0.15) is 0 Å². The zero-order valence-corrected chi connectivity index (χ0v) is 10.5. The van der Waals surface area contributed by atoms with Gasteiger partial charge < -0.3 is 19.4 Å². The largest absolute Gasteiger partial charge is 0.468 e. The molecule has 0 radical (unpaired) electrons. The fraction of sp³-hybridized carbons (Fsp3) is 0.385. The molecular formula is C13H18N2O2. The van der Waals surface area contributed by atoms with E-state index < -0.39 is 0 Å². The quantitative estimate of drug-likeness (QED) is 0.806. The third-order valence-electron chi connectivity index (χ3n) is 2.57. The van der Waals surface area contributed by atoms with Crippen molar-refractivity contribution in [3.8, 4) is 5.75 Å². The molecule has 4 heteroatoms. The highest BCUT2D eigenvalue weighted by molar-refractivity contribution is 5.84. The highest BCUT2D eigenvalue weighted by atomic mass is 16.7. The number of ether oxygens (including phenoxy) is 2. The summed E-state index contributed by atoms with van der Waals surface area (Å²) in [5.41, 5.74) is 2.40. The molecule has 4 nitrogen and oxygen atoms in total. The van der Waals surface area contributed by atoms with Crippen molar-refractivity contribution in [2.24, 2.45) is 0 Å². The molecule has 0 aliphatic rings. The first-order valence-electron chi connectivity index (χ1n) is 5.57. The van der Waals surface area contributed by atoms with Crippen LogP contribution in [0.25, 0.3) is 10.9 Å². The molecule has 0 aliphatic carbocycles. The molecule has 17 heavy (non-hydrogen) atoms. The summed E-state index contributed by atoms with van der Waals surface area (Å²) in [7, 11) is 5.74. The minimum Gasteiger partial charge on any atom is -0.468 e. The van der Waals surface area contributed by atoms with Gasteiger partial charge in [-0.15, -0.1) is 0 Å². The van der Waals surface area contributed by atoms with Gasteiger partial charge in [0.05, 0.1) is 0 Å². The van der Waals surface area contributed by atoms with Gasteiger partial charge in [-0.1, -0.05) is 0 Å². The molecule has 0 aliphatic heterocycles. The summed E-state index contributed by atoms with van der Waals surface area (Å²) in [6.07, 6.45) is 2.05. The SMILES string of the molecule is COCOc1ccc2[nH]cc(CN(C)C)c2c1. The summed E-state index contributed by atoms with van der Waals surface area (Å²) in [5, 5.41) is 1.20. The van der Waals surface area contributed by atoms with Crippen molar-refractivity contribution in [2.75, 3.05) is 28.0 Å². The van der Waals surface area contributed by atoms with Crippen LogP contribution < -0.4 is 4.74 Å². The van der Waals surface area contributed by atoms with Gasteiger partial charge in [0, 0.05) is 30.8 Å². The molecule has 2 rings (SSSR count). The second kappa shape index (κ2) is 5.21. The van der Waals surface area contributed by atoms with Crippen LogP contribution in [0.3, 0.4) is 0 Å². The Bertz CT molecular complexity index is 491. The lowest BCUT2D eigenvalue weighted by Gasteiger charge is -2.09. The number of rotatable bonds is 5. The Hall–Kier alpha value is -1.52. The summed E-state index contributed by atoms with van der Waals surface area (Å²) in [6, 6.07) is 6.01. The molecule has 1 heterocycles. The van der Waals surface area contributed by atoms with Crippen molar-refractivity contribution in [1.82, 2.24) is 9.88 Å². The summed E-state index contributed by atoms with van der Waals surface area (Å²) < 4.78 is 10.3. The zero-order valence-electron chi connectivity index (χ0n) is 10.5. The Kier molecular flexibility index (Phi) is 3.66. The number of nitrogens with zero attached hydrogens (tertiary/aromatic N) is 1. The van der Waals surface area contributed by atoms with Gasteiger partial charge >= 0.3 is 0 Å². The summed E-state index contributed by atoms with van der Waals surface area (Å²) >= 11 is 0. The minimum atomic E-state index is 0.277. The molecule has 2 aromatic rings. The van der Waals surface area contributed by atoms with E-state index in [4.69, 9.17) is 9.47 Å². The third kappa shape index (κ3) is 2.78. The van der Waals surface area contributed by atoms with E-state index in [1.54, 1.807) is 7.11 Å². The van der Waals surface area contributed by atoms with Crippen LogP contribution in [0.15, 0.2) is 24.4 Å². The number of hydrogen-bond donors (Lipinski definition) is 1. The Morgan fingerprint density at radius 1 is 1.29 bits per heavy atom. The lowest BCUT2D eigenvalue weighted by molar-refractivity contribution is 0.0512. The van der Waals surface area contributed by atoms with Gasteiger partial charge in [0.25, 0.3) is 0 Å². The van der Waals surface area contributed by atoms with E-state index in [1.165, 1.54) is 10.9 Å².